The molecular weight excluding hydrogens is 434 g/mol. The van der Waals surface area contributed by atoms with Crippen molar-refractivity contribution in [1.29, 1.82) is 0 Å². The van der Waals surface area contributed by atoms with Gasteiger partial charge < -0.3 is 10.1 Å². The van der Waals surface area contributed by atoms with Gasteiger partial charge in [0, 0.05) is 22.5 Å². The summed E-state index contributed by atoms with van der Waals surface area (Å²) in [5.41, 5.74) is 1.73. The van der Waals surface area contributed by atoms with E-state index >= 15 is 0 Å². The highest BCUT2D eigenvalue weighted by molar-refractivity contribution is 6.31. The monoisotopic (exact) mass is 451 g/mol. The first-order valence-electron chi connectivity index (χ1n) is 9.55. The number of nitrogens with one attached hydrogen (secondary N) is 1. The highest BCUT2D eigenvalue weighted by atomic mass is 35.5. The zero-order valence-electron chi connectivity index (χ0n) is 17.4. The Morgan fingerprint density at radius 1 is 1.19 bits per heavy atom. The number of para-hydroxylation sites is 1. The average molecular weight is 452 g/mol. The molecule has 32 heavy (non-hydrogen) atoms. The van der Waals surface area contributed by atoms with Gasteiger partial charge in [-0.2, -0.15) is 9.78 Å². The predicted octanol–water partition coefficient (Wildman–Crippen LogP) is 4.86. The van der Waals surface area contributed by atoms with E-state index in [1.54, 1.807) is 20.1 Å². The van der Waals surface area contributed by atoms with E-state index in [1.165, 1.54) is 16.8 Å². The number of amides is 1. The number of benzene rings is 2. The third-order valence-electron chi connectivity index (χ3n) is 4.91. The minimum atomic E-state index is -0.662. The molecule has 10 heteroatoms. The lowest BCUT2D eigenvalue weighted by Crippen LogP contribution is -2.17. The molecule has 162 valence electrons. The molecule has 0 fully saturated rings. The molecule has 0 aliphatic rings. The Hall–Kier alpha value is -3.98. The molecule has 0 aliphatic heterocycles. The molecule has 4 aromatic rings. The van der Waals surface area contributed by atoms with Crippen LogP contribution >= 0.6 is 11.6 Å². The molecule has 0 saturated carbocycles. The number of nitrogens with zero attached hydrogens (tertiary/aromatic N) is 4. The highest BCUT2D eigenvalue weighted by Crippen LogP contribution is 2.29. The van der Waals surface area contributed by atoms with Crippen molar-refractivity contribution < 1.29 is 14.5 Å². The quantitative estimate of drug-likeness (QED) is 0.342. The first-order chi connectivity index (χ1) is 15.3. The van der Waals surface area contributed by atoms with Crippen LogP contribution in [0.4, 0.5) is 11.5 Å². The van der Waals surface area contributed by atoms with Crippen molar-refractivity contribution in [3.63, 3.8) is 0 Å². The molecule has 2 aromatic carbocycles. The summed E-state index contributed by atoms with van der Waals surface area (Å²) in [5.74, 6) is 0.731. The molecule has 9 nitrogen and oxygen atoms in total. The molecule has 0 unspecified atom stereocenters. The molecule has 0 spiro atoms. The Labute approximate surface area is 187 Å². The van der Waals surface area contributed by atoms with Crippen LogP contribution in [0, 0.1) is 24.0 Å². The van der Waals surface area contributed by atoms with Crippen LogP contribution in [0.3, 0.4) is 0 Å². The highest BCUT2D eigenvalue weighted by Gasteiger charge is 2.22. The molecule has 0 atom stereocenters. The summed E-state index contributed by atoms with van der Waals surface area (Å²) in [6.45, 7) is 3.71. The van der Waals surface area contributed by atoms with Crippen LogP contribution in [0.25, 0.3) is 16.7 Å². The molecule has 0 aliphatic carbocycles. The van der Waals surface area contributed by atoms with Crippen molar-refractivity contribution in [2.75, 3.05) is 12.4 Å². The number of hydrogen-bond donors (Lipinski definition) is 1. The standard InChI is InChI=1S/C22H18ClN5O4/c1-12-9-19(24-21-15(12)5-4-6-18(21)32-3)27-20(10-13(2)26-27)25-22(29)16-8-7-14(23)11-17(16)28(30)31/h4-11H,1-3H3,(H,25,29). The zero-order valence-corrected chi connectivity index (χ0v) is 18.2. The number of fused-ring (bicyclic) bond motifs is 1. The van der Waals surface area contributed by atoms with Crippen LogP contribution in [0.2, 0.25) is 5.02 Å². The number of aryl methyl sites for hydroxylation is 2. The van der Waals surface area contributed by atoms with E-state index < -0.39 is 10.8 Å². The Morgan fingerprint density at radius 3 is 2.69 bits per heavy atom. The summed E-state index contributed by atoms with van der Waals surface area (Å²) >= 11 is 5.85. The number of nitro benzene ring substituents is 1. The summed E-state index contributed by atoms with van der Waals surface area (Å²) < 4.78 is 6.92. The summed E-state index contributed by atoms with van der Waals surface area (Å²) in [4.78, 5) is 28.3. The molecule has 2 heterocycles. The van der Waals surface area contributed by atoms with Crippen molar-refractivity contribution in [2.24, 2.45) is 0 Å². The molecule has 1 N–H and O–H groups in total. The number of halogens is 1. The molecule has 4 rings (SSSR count). The van der Waals surface area contributed by atoms with Crippen LogP contribution in [0.1, 0.15) is 21.6 Å². The minimum absolute atomic E-state index is 0.117. The SMILES string of the molecule is COc1cccc2c(C)cc(-n3nc(C)cc3NC(=O)c3ccc(Cl)cc3[N+](=O)[O-])nc12. The molecule has 2 aromatic heterocycles. The normalized spacial score (nSPS) is 10.9. The molecule has 0 saturated heterocycles. The Bertz CT molecular complexity index is 1380. The molecule has 0 radical (unpaired) electrons. The molecular formula is C22H18ClN5O4. The van der Waals surface area contributed by atoms with Gasteiger partial charge in [-0.15, -0.1) is 0 Å². The number of rotatable bonds is 5. The maximum absolute atomic E-state index is 12.9. The fraction of sp³-hybridized carbons (Fsp3) is 0.136. The van der Waals surface area contributed by atoms with Gasteiger partial charge in [0.1, 0.15) is 22.6 Å². The smallest absolute Gasteiger partial charge is 0.283 e. The number of ether oxygens (including phenoxy) is 1. The number of methoxy groups -OCH3 is 1. The Morgan fingerprint density at radius 2 is 1.97 bits per heavy atom. The van der Waals surface area contributed by atoms with Crippen molar-refractivity contribution in [3.05, 3.63) is 80.5 Å². The summed E-state index contributed by atoms with van der Waals surface area (Å²) in [7, 11) is 1.57. The van der Waals surface area contributed by atoms with Gasteiger partial charge in [-0.25, -0.2) is 4.98 Å². The first kappa shape index (κ1) is 21.3. The van der Waals surface area contributed by atoms with Crippen LogP contribution < -0.4 is 10.1 Å². The van der Waals surface area contributed by atoms with Crippen LogP contribution in [0.15, 0.2) is 48.5 Å². The second-order valence-corrected chi connectivity index (χ2v) is 7.55. The lowest BCUT2D eigenvalue weighted by Gasteiger charge is -2.12. The summed E-state index contributed by atoms with van der Waals surface area (Å²) in [6, 6.07) is 13.0. The first-order valence-corrected chi connectivity index (χ1v) is 9.93. The van der Waals surface area contributed by atoms with Gasteiger partial charge in [0.25, 0.3) is 11.6 Å². The van der Waals surface area contributed by atoms with E-state index in [1.807, 2.05) is 31.2 Å². The van der Waals surface area contributed by atoms with E-state index in [-0.39, 0.29) is 16.3 Å². The van der Waals surface area contributed by atoms with Gasteiger partial charge >= 0.3 is 0 Å². The van der Waals surface area contributed by atoms with Crippen molar-refractivity contribution in [3.8, 4) is 11.6 Å². The maximum Gasteiger partial charge on any atom is 0.283 e. The number of pyridine rings is 1. The van der Waals surface area contributed by atoms with Crippen molar-refractivity contribution in [2.45, 2.75) is 13.8 Å². The van der Waals surface area contributed by atoms with E-state index in [0.717, 1.165) is 17.0 Å². The number of carbonyl (C=O) groups excluding carboxylic acids is 1. The van der Waals surface area contributed by atoms with Crippen LogP contribution in [0.5, 0.6) is 5.75 Å². The van der Waals surface area contributed by atoms with E-state index in [9.17, 15) is 14.9 Å². The predicted molar refractivity (Wildman–Crippen MR) is 121 cm³/mol. The third-order valence-corrected chi connectivity index (χ3v) is 5.14. The fourth-order valence-electron chi connectivity index (χ4n) is 3.44. The zero-order chi connectivity index (χ0) is 23.0. The number of hydrogen-bond acceptors (Lipinski definition) is 6. The third kappa shape index (κ3) is 3.85. The van der Waals surface area contributed by atoms with Crippen molar-refractivity contribution >= 4 is 39.9 Å². The van der Waals surface area contributed by atoms with E-state index in [2.05, 4.69) is 15.4 Å². The Kier molecular flexibility index (Phi) is 5.50. The van der Waals surface area contributed by atoms with Crippen molar-refractivity contribution in [1.82, 2.24) is 14.8 Å². The van der Waals surface area contributed by atoms with Crippen LogP contribution in [-0.2, 0) is 0 Å². The topological polar surface area (TPSA) is 112 Å². The largest absolute Gasteiger partial charge is 0.494 e. The molecule has 0 bridgehead atoms. The minimum Gasteiger partial charge on any atom is -0.494 e. The lowest BCUT2D eigenvalue weighted by molar-refractivity contribution is -0.385. The fourth-order valence-corrected chi connectivity index (χ4v) is 3.61. The van der Waals surface area contributed by atoms with E-state index in [0.29, 0.717) is 28.6 Å². The maximum atomic E-state index is 12.9. The molecule has 1 amide bonds. The number of aromatic nitrogens is 3. The van der Waals surface area contributed by atoms with Gasteiger partial charge in [0.15, 0.2) is 5.82 Å². The second kappa shape index (κ2) is 8.27. The summed E-state index contributed by atoms with van der Waals surface area (Å²) in [6.07, 6.45) is 0. The number of nitro groups is 1. The number of carbonyl (C=O) groups is 1. The Balaban J connectivity index is 1.78. The van der Waals surface area contributed by atoms with Gasteiger partial charge in [0.2, 0.25) is 0 Å². The summed E-state index contributed by atoms with van der Waals surface area (Å²) in [5, 5.41) is 19.6. The van der Waals surface area contributed by atoms with Gasteiger partial charge in [0.05, 0.1) is 17.7 Å². The van der Waals surface area contributed by atoms with Crippen LogP contribution in [-0.4, -0.2) is 32.7 Å². The lowest BCUT2D eigenvalue weighted by atomic mass is 10.1. The second-order valence-electron chi connectivity index (χ2n) is 7.11. The number of anilines is 1. The van der Waals surface area contributed by atoms with Gasteiger partial charge in [-0.05, 0) is 43.7 Å². The van der Waals surface area contributed by atoms with Gasteiger partial charge in [-0.1, -0.05) is 23.7 Å². The van der Waals surface area contributed by atoms with Gasteiger partial charge in [-0.3, -0.25) is 14.9 Å². The van der Waals surface area contributed by atoms with E-state index in [4.69, 9.17) is 16.3 Å². The average Bonchev–Trinajstić information content (AvgIpc) is 3.13.